The van der Waals surface area contributed by atoms with E-state index in [1.807, 2.05) is 0 Å². The molecule has 0 saturated heterocycles. The average molecular weight is 609 g/mol. The normalized spacial score (nSPS) is 15.2. The molecule has 0 unspecified atom stereocenters. The van der Waals surface area contributed by atoms with Crippen molar-refractivity contribution in [1.82, 2.24) is 0 Å². The Morgan fingerprint density at radius 3 is 1.87 bits per heavy atom. The molecule has 46 heavy (non-hydrogen) atoms. The van der Waals surface area contributed by atoms with E-state index in [1.54, 1.807) is 0 Å². The first-order valence-electron chi connectivity index (χ1n) is 16.9. The highest BCUT2D eigenvalue weighted by atomic mass is 16.5. The Kier molecular flexibility index (Phi) is 7.88. The van der Waals surface area contributed by atoms with Crippen LogP contribution in [-0.2, 0) is 11.0 Å². The van der Waals surface area contributed by atoms with E-state index >= 15 is 0 Å². The molecule has 234 valence electrons. The fourth-order valence-electron chi connectivity index (χ4n) is 7.29. The molecule has 7 rings (SSSR count). The first-order chi connectivity index (χ1) is 22.4. The molecule has 1 aliphatic carbocycles. The maximum Gasteiger partial charge on any atom is 0.178 e. The minimum absolute atomic E-state index is 0.173. The minimum atomic E-state index is -0.833. The van der Waals surface area contributed by atoms with E-state index in [9.17, 15) is 0 Å². The third-order valence-electron chi connectivity index (χ3n) is 9.80. The fraction of sp³-hybridized carbons (Fsp3) is 0.302. The van der Waals surface area contributed by atoms with Gasteiger partial charge in [-0.05, 0) is 77.7 Å². The van der Waals surface area contributed by atoms with Crippen LogP contribution in [0.15, 0.2) is 97.1 Å². The lowest BCUT2D eigenvalue weighted by Crippen LogP contribution is -2.35. The summed E-state index contributed by atoms with van der Waals surface area (Å²) in [6, 6.07) is 32.6. The number of hydrogen-bond donors (Lipinski definition) is 0. The third kappa shape index (κ3) is 4.97. The predicted octanol–water partition coefficient (Wildman–Crippen LogP) is 11.2. The van der Waals surface area contributed by atoms with E-state index in [-0.39, 0.29) is 5.41 Å². The summed E-state index contributed by atoms with van der Waals surface area (Å²) in [6.45, 7) is 12.7. The summed E-state index contributed by atoms with van der Waals surface area (Å²) < 4.78 is 19.5. The maximum atomic E-state index is 7.45. The van der Waals surface area contributed by atoms with Crippen molar-refractivity contribution in [3.8, 4) is 28.4 Å². The van der Waals surface area contributed by atoms with Gasteiger partial charge in [0.05, 0.1) is 13.2 Å². The summed E-state index contributed by atoms with van der Waals surface area (Å²) in [5.74, 6) is 2.69. The highest BCUT2D eigenvalue weighted by molar-refractivity contribution is 6.08. The van der Waals surface area contributed by atoms with Crippen molar-refractivity contribution >= 4 is 16.8 Å². The van der Waals surface area contributed by atoms with E-state index < -0.39 is 5.60 Å². The van der Waals surface area contributed by atoms with Gasteiger partial charge in [-0.2, -0.15) is 0 Å². The van der Waals surface area contributed by atoms with Crippen molar-refractivity contribution in [3.05, 3.63) is 130 Å². The number of unbranched alkanes of at least 4 members (excludes halogenated alkanes) is 2. The van der Waals surface area contributed by atoms with Crippen LogP contribution in [0.5, 0.6) is 17.2 Å². The van der Waals surface area contributed by atoms with Gasteiger partial charge in [-0.3, -0.25) is 0 Å². The van der Waals surface area contributed by atoms with E-state index in [1.165, 1.54) is 38.8 Å². The van der Waals surface area contributed by atoms with Gasteiger partial charge in [0.15, 0.2) is 5.60 Å². The number of hydrogen-bond acceptors (Lipinski definition) is 3. The van der Waals surface area contributed by atoms with Gasteiger partial charge >= 0.3 is 0 Å². The molecular weight excluding hydrogens is 564 g/mol. The Bertz CT molecular complexity index is 1860. The second-order valence-electron chi connectivity index (χ2n) is 13.3. The lowest BCUT2D eigenvalue weighted by atomic mass is 9.76. The average Bonchev–Trinajstić information content (AvgIpc) is 3.31. The smallest absolute Gasteiger partial charge is 0.178 e. The Hall–Kier alpha value is -4.50. The van der Waals surface area contributed by atoms with Crippen LogP contribution >= 0.6 is 0 Å². The lowest BCUT2D eigenvalue weighted by molar-refractivity contribution is 0.163. The predicted molar refractivity (Wildman–Crippen MR) is 190 cm³/mol. The van der Waals surface area contributed by atoms with Gasteiger partial charge in [0.2, 0.25) is 0 Å². The quantitative estimate of drug-likeness (QED) is 0.148. The largest absolute Gasteiger partial charge is 0.494 e. The van der Waals surface area contributed by atoms with Crippen molar-refractivity contribution in [3.63, 3.8) is 0 Å². The monoisotopic (exact) mass is 608 g/mol. The molecule has 3 nitrogen and oxygen atoms in total. The first-order valence-corrected chi connectivity index (χ1v) is 16.9. The summed E-state index contributed by atoms with van der Waals surface area (Å²) in [7, 11) is 0. The van der Waals surface area contributed by atoms with Gasteiger partial charge in [-0.15, -0.1) is 0 Å². The van der Waals surface area contributed by atoms with Gasteiger partial charge in [-0.25, -0.2) is 0 Å². The van der Waals surface area contributed by atoms with E-state index in [4.69, 9.17) is 14.2 Å². The summed E-state index contributed by atoms with van der Waals surface area (Å²) in [5.41, 5.74) is 8.93. The molecule has 3 heteroatoms. The zero-order valence-corrected chi connectivity index (χ0v) is 27.8. The molecule has 0 radical (unpaired) electrons. The van der Waals surface area contributed by atoms with Crippen LogP contribution in [0.2, 0.25) is 0 Å². The highest BCUT2D eigenvalue weighted by Crippen LogP contribution is 2.58. The number of rotatable bonds is 10. The molecule has 0 aromatic heterocycles. The maximum absolute atomic E-state index is 7.45. The molecule has 0 atom stereocenters. The molecular formula is C43H44O3. The van der Waals surface area contributed by atoms with Crippen molar-refractivity contribution in [2.45, 2.75) is 71.3 Å². The Morgan fingerprint density at radius 1 is 0.696 bits per heavy atom. The van der Waals surface area contributed by atoms with Crippen molar-refractivity contribution in [2.75, 3.05) is 13.2 Å². The number of benzene rings is 5. The Morgan fingerprint density at radius 2 is 1.28 bits per heavy atom. The summed E-state index contributed by atoms with van der Waals surface area (Å²) >= 11 is 0. The topological polar surface area (TPSA) is 27.7 Å². The molecule has 0 spiro atoms. The summed E-state index contributed by atoms with van der Waals surface area (Å²) in [4.78, 5) is 0. The number of aryl methyl sites for hydroxylation is 1. The van der Waals surface area contributed by atoms with Crippen LogP contribution in [0.25, 0.3) is 28.0 Å². The van der Waals surface area contributed by atoms with Crippen LogP contribution in [0.1, 0.15) is 86.8 Å². The van der Waals surface area contributed by atoms with Crippen LogP contribution < -0.4 is 14.2 Å². The molecule has 1 aliphatic heterocycles. The van der Waals surface area contributed by atoms with Crippen LogP contribution in [-0.4, -0.2) is 13.2 Å². The fourth-order valence-corrected chi connectivity index (χ4v) is 7.29. The summed E-state index contributed by atoms with van der Waals surface area (Å²) in [6.07, 6.45) is 8.87. The van der Waals surface area contributed by atoms with Crippen LogP contribution in [0.3, 0.4) is 0 Å². The van der Waals surface area contributed by atoms with Crippen molar-refractivity contribution in [2.24, 2.45) is 0 Å². The number of fused-ring (bicyclic) bond motifs is 8. The standard InChI is InChI=1S/C43H44O3/c1-6-8-26-44-32-19-15-30(16-20-32)43(31-17-21-33(22-18-31)45-27-9-7-2)25-24-37-40-39(34-12-10-11-13-35(34)41(37)46-43)36-23-14-29(3)28-38(36)42(40,4)5/h10-25,28H,6-9,26-27H2,1-5H3. The third-order valence-corrected chi connectivity index (χ3v) is 9.80. The molecule has 5 aromatic rings. The SMILES string of the molecule is CCCCOc1ccc(C2(c3ccc(OCCCC)cc3)C=Cc3c4c(c5ccccc5c3O2)-c2ccc(C)cc2C4(C)C)cc1. The van der Waals surface area contributed by atoms with Gasteiger partial charge in [0.1, 0.15) is 17.2 Å². The lowest BCUT2D eigenvalue weighted by Gasteiger charge is -2.38. The van der Waals surface area contributed by atoms with E-state index in [0.717, 1.165) is 72.7 Å². The Balaban J connectivity index is 1.40. The minimum Gasteiger partial charge on any atom is -0.494 e. The van der Waals surface area contributed by atoms with Gasteiger partial charge in [-0.1, -0.05) is 119 Å². The van der Waals surface area contributed by atoms with Crippen LogP contribution in [0.4, 0.5) is 0 Å². The number of ether oxygens (including phenoxy) is 3. The highest BCUT2D eigenvalue weighted by Gasteiger charge is 2.44. The molecule has 0 saturated carbocycles. The molecule has 1 heterocycles. The second kappa shape index (κ2) is 12.0. The zero-order chi connectivity index (χ0) is 31.9. The Labute approximate surface area is 273 Å². The molecule has 5 aromatic carbocycles. The second-order valence-corrected chi connectivity index (χ2v) is 13.3. The summed E-state index contributed by atoms with van der Waals surface area (Å²) in [5, 5.41) is 2.36. The first kappa shape index (κ1) is 30.2. The molecule has 0 bridgehead atoms. The molecule has 0 fully saturated rings. The van der Waals surface area contributed by atoms with Crippen molar-refractivity contribution in [1.29, 1.82) is 0 Å². The van der Waals surface area contributed by atoms with Crippen LogP contribution in [0, 0.1) is 6.92 Å². The van der Waals surface area contributed by atoms with Gasteiger partial charge in [0, 0.05) is 27.5 Å². The van der Waals surface area contributed by atoms with Gasteiger partial charge < -0.3 is 14.2 Å². The van der Waals surface area contributed by atoms with E-state index in [2.05, 4.69) is 138 Å². The molecule has 2 aliphatic rings. The van der Waals surface area contributed by atoms with Gasteiger partial charge in [0.25, 0.3) is 0 Å². The molecule has 0 amide bonds. The molecule has 0 N–H and O–H groups in total. The van der Waals surface area contributed by atoms with Crippen molar-refractivity contribution < 1.29 is 14.2 Å². The zero-order valence-electron chi connectivity index (χ0n) is 27.8. The van der Waals surface area contributed by atoms with E-state index in [0.29, 0.717) is 0 Å².